The number of halogens is 3. The van der Waals surface area contributed by atoms with E-state index in [1.54, 1.807) is 5.38 Å². The van der Waals surface area contributed by atoms with E-state index >= 15 is 0 Å². The summed E-state index contributed by atoms with van der Waals surface area (Å²) in [5.41, 5.74) is 6.60. The van der Waals surface area contributed by atoms with Crippen LogP contribution in [0.25, 0.3) is 11.3 Å². The molecule has 2 nitrogen and oxygen atoms in total. The fraction of sp³-hybridized carbons (Fsp3) is 0.357. The highest BCUT2D eigenvalue weighted by atomic mass is 35.5. The van der Waals surface area contributed by atoms with E-state index in [0.717, 1.165) is 42.8 Å². The highest BCUT2D eigenvalue weighted by Gasteiger charge is 2.34. The summed E-state index contributed by atoms with van der Waals surface area (Å²) in [7, 11) is 0. The lowest BCUT2D eigenvalue weighted by Gasteiger charge is -2.19. The van der Waals surface area contributed by atoms with Crippen molar-refractivity contribution in [2.45, 2.75) is 31.2 Å². The predicted molar refractivity (Wildman–Crippen MR) is 79.0 cm³/mol. The highest BCUT2D eigenvalue weighted by molar-refractivity contribution is 7.10. The number of benzene rings is 1. The normalized spacial score (nSPS) is 16.9. The van der Waals surface area contributed by atoms with Crippen LogP contribution in [-0.4, -0.2) is 4.98 Å². The molecule has 2 aromatic rings. The average Bonchev–Trinajstić information content (AvgIpc) is 3.02. The Morgan fingerprint density at radius 3 is 2.60 bits per heavy atom. The van der Waals surface area contributed by atoms with Crippen LogP contribution in [-0.2, 0) is 5.54 Å². The molecule has 1 aliphatic rings. The molecule has 0 spiro atoms. The first-order valence-electron chi connectivity index (χ1n) is 6.29. The monoisotopic (exact) mass is 316 g/mol. The zero-order valence-corrected chi connectivity index (χ0v) is 12.4. The molecule has 1 heterocycles. The highest BCUT2D eigenvalue weighted by Crippen LogP contribution is 2.39. The molecule has 20 heavy (non-hydrogen) atoms. The summed E-state index contributed by atoms with van der Waals surface area (Å²) in [5, 5.41) is 2.57. The van der Waals surface area contributed by atoms with Gasteiger partial charge in [0.25, 0.3) is 0 Å². The molecule has 0 atom stereocenters. The smallest absolute Gasteiger partial charge is 0.132 e. The Hall–Kier alpha value is -1.04. The van der Waals surface area contributed by atoms with E-state index in [4.69, 9.17) is 5.73 Å². The van der Waals surface area contributed by atoms with E-state index < -0.39 is 11.6 Å². The van der Waals surface area contributed by atoms with E-state index in [1.165, 1.54) is 17.4 Å². The number of rotatable bonds is 2. The Labute approximate surface area is 126 Å². The van der Waals surface area contributed by atoms with Crippen LogP contribution in [0.15, 0.2) is 23.6 Å². The molecule has 1 saturated carbocycles. The van der Waals surface area contributed by atoms with Gasteiger partial charge in [-0.25, -0.2) is 13.8 Å². The molecule has 3 rings (SSSR count). The minimum atomic E-state index is -0.464. The zero-order valence-electron chi connectivity index (χ0n) is 10.7. The van der Waals surface area contributed by atoms with Gasteiger partial charge >= 0.3 is 0 Å². The first-order chi connectivity index (χ1) is 9.08. The summed E-state index contributed by atoms with van der Waals surface area (Å²) in [6, 6.07) is 3.40. The summed E-state index contributed by atoms with van der Waals surface area (Å²) in [4.78, 5) is 4.42. The second-order valence-electron chi connectivity index (χ2n) is 5.03. The topological polar surface area (TPSA) is 38.9 Å². The van der Waals surface area contributed by atoms with Gasteiger partial charge in [0.15, 0.2) is 0 Å². The van der Waals surface area contributed by atoms with Crippen molar-refractivity contribution >= 4 is 23.7 Å². The fourth-order valence-electron chi connectivity index (χ4n) is 2.54. The summed E-state index contributed by atoms with van der Waals surface area (Å²) >= 11 is 1.43. The van der Waals surface area contributed by atoms with Gasteiger partial charge in [-0.3, -0.25) is 0 Å². The van der Waals surface area contributed by atoms with Crippen molar-refractivity contribution in [3.8, 4) is 11.3 Å². The van der Waals surface area contributed by atoms with Gasteiger partial charge in [-0.2, -0.15) is 0 Å². The summed E-state index contributed by atoms with van der Waals surface area (Å²) < 4.78 is 26.9. The van der Waals surface area contributed by atoms with E-state index in [2.05, 4.69) is 4.98 Å². The maximum atomic E-state index is 13.7. The summed E-state index contributed by atoms with van der Waals surface area (Å²) in [6.45, 7) is 0. The van der Waals surface area contributed by atoms with Crippen LogP contribution >= 0.6 is 23.7 Å². The third-order valence-electron chi connectivity index (χ3n) is 3.63. The maximum absolute atomic E-state index is 13.7. The molecule has 0 radical (unpaired) electrons. The van der Waals surface area contributed by atoms with Crippen LogP contribution in [0.3, 0.4) is 0 Å². The van der Waals surface area contributed by atoms with Gasteiger partial charge in [-0.15, -0.1) is 23.7 Å². The Morgan fingerprint density at radius 1 is 1.20 bits per heavy atom. The van der Waals surface area contributed by atoms with Gasteiger partial charge in [-0.1, -0.05) is 12.8 Å². The zero-order chi connectivity index (χ0) is 13.5. The second-order valence-corrected chi connectivity index (χ2v) is 5.88. The number of nitrogens with two attached hydrogens (primary N) is 1. The SMILES string of the molecule is Cl.NC1(c2nc(-c3cc(F)ccc3F)cs2)CCCC1. The van der Waals surface area contributed by atoms with Crippen molar-refractivity contribution in [3.63, 3.8) is 0 Å². The van der Waals surface area contributed by atoms with E-state index in [9.17, 15) is 8.78 Å². The molecule has 6 heteroatoms. The van der Waals surface area contributed by atoms with Gasteiger partial charge in [-0.05, 0) is 31.0 Å². The van der Waals surface area contributed by atoms with E-state index in [-0.39, 0.29) is 23.5 Å². The van der Waals surface area contributed by atoms with Crippen LogP contribution in [0.4, 0.5) is 8.78 Å². The Bertz CT molecular complexity index is 609. The Balaban J connectivity index is 0.00000147. The summed E-state index contributed by atoms with van der Waals surface area (Å²) in [6.07, 6.45) is 4.01. The van der Waals surface area contributed by atoms with Crippen LogP contribution in [0.2, 0.25) is 0 Å². The van der Waals surface area contributed by atoms with Crippen molar-refractivity contribution < 1.29 is 8.78 Å². The quantitative estimate of drug-likeness (QED) is 0.900. The van der Waals surface area contributed by atoms with E-state index in [0.29, 0.717) is 5.69 Å². The fourth-order valence-corrected chi connectivity index (χ4v) is 3.53. The number of nitrogens with zero attached hydrogens (tertiary/aromatic N) is 1. The first kappa shape index (κ1) is 15.4. The lowest BCUT2D eigenvalue weighted by molar-refractivity contribution is 0.459. The molecule has 2 N–H and O–H groups in total. The molecule has 1 aromatic heterocycles. The molecule has 0 bridgehead atoms. The number of hydrogen-bond donors (Lipinski definition) is 1. The lowest BCUT2D eigenvalue weighted by Crippen LogP contribution is -2.32. The number of hydrogen-bond acceptors (Lipinski definition) is 3. The Morgan fingerprint density at radius 2 is 1.90 bits per heavy atom. The van der Waals surface area contributed by atoms with Crippen molar-refractivity contribution in [1.82, 2.24) is 4.98 Å². The molecule has 1 fully saturated rings. The Kier molecular flexibility index (Phi) is 4.42. The van der Waals surface area contributed by atoms with Crippen LogP contribution in [0, 0.1) is 11.6 Å². The summed E-state index contributed by atoms with van der Waals surface area (Å²) in [5.74, 6) is -0.926. The van der Waals surface area contributed by atoms with Crippen LogP contribution in [0.1, 0.15) is 30.7 Å². The molecule has 0 saturated heterocycles. The first-order valence-corrected chi connectivity index (χ1v) is 7.17. The van der Waals surface area contributed by atoms with Crippen LogP contribution < -0.4 is 5.73 Å². The van der Waals surface area contributed by atoms with Crippen molar-refractivity contribution in [1.29, 1.82) is 0 Å². The third-order valence-corrected chi connectivity index (χ3v) is 4.69. The lowest BCUT2D eigenvalue weighted by atomic mass is 10.0. The number of aromatic nitrogens is 1. The minimum Gasteiger partial charge on any atom is -0.319 e. The van der Waals surface area contributed by atoms with Gasteiger partial charge in [0.2, 0.25) is 0 Å². The minimum absolute atomic E-state index is 0. The standard InChI is InChI=1S/C14H14F2N2S.ClH/c15-9-3-4-11(16)10(7-9)12-8-19-13(18-12)14(17)5-1-2-6-14;/h3-4,7-8H,1-2,5-6,17H2;1H. The average molecular weight is 317 g/mol. The van der Waals surface area contributed by atoms with Gasteiger partial charge < -0.3 is 5.73 Å². The van der Waals surface area contributed by atoms with Crippen molar-refractivity contribution in [2.75, 3.05) is 0 Å². The molecule has 0 amide bonds. The maximum Gasteiger partial charge on any atom is 0.132 e. The molecular weight excluding hydrogens is 302 g/mol. The third kappa shape index (κ3) is 2.71. The van der Waals surface area contributed by atoms with Crippen molar-refractivity contribution in [2.24, 2.45) is 5.73 Å². The number of thiazole rings is 1. The molecule has 108 valence electrons. The predicted octanol–water partition coefficient (Wildman–Crippen LogP) is 4.24. The molecular formula is C14H15ClF2N2S. The van der Waals surface area contributed by atoms with Crippen LogP contribution in [0.5, 0.6) is 0 Å². The molecule has 0 aliphatic heterocycles. The molecule has 0 unspecified atom stereocenters. The molecule has 1 aliphatic carbocycles. The second kappa shape index (κ2) is 5.76. The van der Waals surface area contributed by atoms with Crippen molar-refractivity contribution in [3.05, 3.63) is 40.2 Å². The molecule has 1 aromatic carbocycles. The van der Waals surface area contributed by atoms with Gasteiger partial charge in [0.1, 0.15) is 16.6 Å². The van der Waals surface area contributed by atoms with E-state index in [1.807, 2.05) is 0 Å². The van der Waals surface area contributed by atoms with Gasteiger partial charge in [0.05, 0.1) is 11.2 Å². The van der Waals surface area contributed by atoms with Gasteiger partial charge in [0, 0.05) is 10.9 Å². The largest absolute Gasteiger partial charge is 0.319 e.